The van der Waals surface area contributed by atoms with Gasteiger partial charge in [0.05, 0.1) is 29.2 Å². The predicted molar refractivity (Wildman–Crippen MR) is 87.9 cm³/mol. The molecule has 27 heavy (non-hydrogen) atoms. The number of hydrogen-bond donors (Lipinski definition) is 2. The van der Waals surface area contributed by atoms with Crippen molar-refractivity contribution < 1.29 is 32.3 Å². The molecular formula is C17H18F3N3O4. The summed E-state index contributed by atoms with van der Waals surface area (Å²) in [5.41, 5.74) is -1.46. The second-order valence-corrected chi connectivity index (χ2v) is 6.77. The molecule has 1 aromatic carbocycles. The molecule has 1 aromatic rings. The average Bonchev–Trinajstić information content (AvgIpc) is 3.09. The van der Waals surface area contributed by atoms with E-state index in [4.69, 9.17) is 4.74 Å². The standard InChI is InChI=1S/C17H18F3N3O4/c1-8(2)27-9-3-4-13(12(5-9)17(18,19)20)21-16(26)23-6-10-11(7-23)15(25)22-14(10)24/h3-5,8,10-11H,6-7H2,1-2H3,(H,21,26)(H,22,24,25)/t10-,11+. The van der Waals surface area contributed by atoms with Crippen LogP contribution in [-0.2, 0) is 15.8 Å². The minimum absolute atomic E-state index is 0.0238. The molecule has 0 saturated carbocycles. The number of likely N-dealkylation sites (tertiary alicyclic amines) is 1. The highest BCUT2D eigenvalue weighted by atomic mass is 19.4. The van der Waals surface area contributed by atoms with Gasteiger partial charge in [-0.25, -0.2) is 4.79 Å². The van der Waals surface area contributed by atoms with Crippen molar-refractivity contribution in [2.75, 3.05) is 18.4 Å². The number of fused-ring (bicyclic) bond motifs is 1. The summed E-state index contributed by atoms with van der Waals surface area (Å²) in [5, 5.41) is 4.41. The number of carbonyl (C=O) groups is 3. The molecule has 2 aliphatic rings. The van der Waals surface area contributed by atoms with Crippen LogP contribution in [0.25, 0.3) is 0 Å². The Morgan fingerprint density at radius 3 is 2.33 bits per heavy atom. The number of imide groups is 1. The van der Waals surface area contributed by atoms with Gasteiger partial charge in [-0.3, -0.25) is 14.9 Å². The summed E-state index contributed by atoms with van der Waals surface area (Å²) in [5.74, 6) is -2.22. The fraction of sp³-hybridized carbons (Fsp3) is 0.471. The summed E-state index contributed by atoms with van der Waals surface area (Å²) in [4.78, 5) is 36.8. The molecule has 0 radical (unpaired) electrons. The second-order valence-electron chi connectivity index (χ2n) is 6.77. The zero-order valence-electron chi connectivity index (χ0n) is 14.6. The van der Waals surface area contributed by atoms with Crippen LogP contribution >= 0.6 is 0 Å². The third kappa shape index (κ3) is 3.83. The molecule has 2 heterocycles. The summed E-state index contributed by atoms with van der Waals surface area (Å²) < 4.78 is 45.4. The second kappa shape index (κ2) is 6.75. The van der Waals surface area contributed by atoms with Crippen LogP contribution in [0, 0.1) is 11.8 Å². The third-order valence-electron chi connectivity index (χ3n) is 4.44. The summed E-state index contributed by atoms with van der Waals surface area (Å²) >= 11 is 0. The van der Waals surface area contributed by atoms with E-state index in [0.29, 0.717) is 0 Å². The number of nitrogens with one attached hydrogen (secondary N) is 2. The maximum Gasteiger partial charge on any atom is 0.418 e. The van der Waals surface area contributed by atoms with Crippen LogP contribution in [0.5, 0.6) is 5.75 Å². The molecule has 3 rings (SSSR count). The highest BCUT2D eigenvalue weighted by Crippen LogP contribution is 2.38. The molecule has 0 unspecified atom stereocenters. The Bertz CT molecular complexity index is 772. The molecule has 0 aliphatic carbocycles. The van der Waals surface area contributed by atoms with Gasteiger partial charge in [0, 0.05) is 13.1 Å². The van der Waals surface area contributed by atoms with E-state index < -0.39 is 47.1 Å². The Morgan fingerprint density at radius 2 is 1.81 bits per heavy atom. The Hall–Kier alpha value is -2.78. The van der Waals surface area contributed by atoms with Crippen molar-refractivity contribution in [1.82, 2.24) is 10.2 Å². The van der Waals surface area contributed by atoms with Crippen LogP contribution in [0.3, 0.4) is 0 Å². The zero-order valence-corrected chi connectivity index (χ0v) is 14.6. The number of halogens is 3. The van der Waals surface area contributed by atoms with E-state index in [-0.39, 0.29) is 24.9 Å². The van der Waals surface area contributed by atoms with Crippen LogP contribution in [0.1, 0.15) is 19.4 Å². The number of amides is 4. The van der Waals surface area contributed by atoms with Crippen LogP contribution in [0.2, 0.25) is 0 Å². The largest absolute Gasteiger partial charge is 0.491 e. The number of alkyl halides is 3. The van der Waals surface area contributed by atoms with Gasteiger partial charge in [-0.1, -0.05) is 0 Å². The molecule has 0 spiro atoms. The molecule has 10 heteroatoms. The molecule has 2 fully saturated rings. The molecule has 2 atom stereocenters. The Labute approximate surface area is 152 Å². The van der Waals surface area contributed by atoms with Crippen molar-refractivity contribution in [3.05, 3.63) is 23.8 Å². The molecule has 7 nitrogen and oxygen atoms in total. The summed E-state index contributed by atoms with van der Waals surface area (Å²) in [6, 6.07) is 2.48. The van der Waals surface area contributed by atoms with Crippen molar-refractivity contribution in [2.45, 2.75) is 26.1 Å². The quantitative estimate of drug-likeness (QED) is 0.781. The highest BCUT2D eigenvalue weighted by molar-refractivity contribution is 6.06. The monoisotopic (exact) mass is 385 g/mol. The van der Waals surface area contributed by atoms with E-state index in [9.17, 15) is 27.6 Å². The molecule has 2 aliphatic heterocycles. The lowest BCUT2D eigenvalue weighted by molar-refractivity contribution is -0.137. The summed E-state index contributed by atoms with van der Waals surface area (Å²) in [6.07, 6.45) is -5.00. The predicted octanol–water partition coefficient (Wildman–Crippen LogP) is 2.23. The molecular weight excluding hydrogens is 367 g/mol. The van der Waals surface area contributed by atoms with Gasteiger partial charge in [-0.05, 0) is 32.0 Å². The third-order valence-corrected chi connectivity index (χ3v) is 4.44. The van der Waals surface area contributed by atoms with Gasteiger partial charge < -0.3 is 15.0 Å². The summed E-state index contributed by atoms with van der Waals surface area (Å²) in [6.45, 7) is 3.32. The van der Waals surface area contributed by atoms with Crippen LogP contribution in [-0.4, -0.2) is 41.9 Å². The van der Waals surface area contributed by atoms with E-state index in [0.717, 1.165) is 12.1 Å². The van der Waals surface area contributed by atoms with Gasteiger partial charge in [0.2, 0.25) is 11.8 Å². The minimum Gasteiger partial charge on any atom is -0.491 e. The minimum atomic E-state index is -4.70. The van der Waals surface area contributed by atoms with Crippen molar-refractivity contribution in [1.29, 1.82) is 0 Å². The lowest BCUT2D eigenvalue weighted by Gasteiger charge is -2.21. The number of anilines is 1. The number of urea groups is 1. The van der Waals surface area contributed by atoms with E-state index in [2.05, 4.69) is 10.6 Å². The van der Waals surface area contributed by atoms with Crippen LogP contribution < -0.4 is 15.4 Å². The van der Waals surface area contributed by atoms with Gasteiger partial charge in [-0.2, -0.15) is 13.2 Å². The number of benzene rings is 1. The average molecular weight is 385 g/mol. The Kier molecular flexibility index (Phi) is 4.75. The van der Waals surface area contributed by atoms with Crippen molar-refractivity contribution in [2.24, 2.45) is 11.8 Å². The maximum absolute atomic E-state index is 13.4. The first-order valence-corrected chi connectivity index (χ1v) is 8.35. The normalized spacial score (nSPS) is 22.1. The van der Waals surface area contributed by atoms with E-state index >= 15 is 0 Å². The lowest BCUT2D eigenvalue weighted by atomic mass is 10.00. The molecule has 2 saturated heterocycles. The molecule has 0 bridgehead atoms. The van der Waals surface area contributed by atoms with Crippen molar-refractivity contribution in [3.8, 4) is 5.75 Å². The van der Waals surface area contributed by atoms with Crippen LogP contribution in [0.4, 0.5) is 23.7 Å². The molecule has 2 N–H and O–H groups in total. The van der Waals surface area contributed by atoms with Gasteiger partial charge in [-0.15, -0.1) is 0 Å². The van der Waals surface area contributed by atoms with Crippen molar-refractivity contribution >= 4 is 23.5 Å². The molecule has 0 aromatic heterocycles. The number of ether oxygens (including phenoxy) is 1. The van der Waals surface area contributed by atoms with Gasteiger partial charge in [0.25, 0.3) is 0 Å². The highest BCUT2D eigenvalue weighted by Gasteiger charge is 2.49. The summed E-state index contributed by atoms with van der Waals surface area (Å²) in [7, 11) is 0. The van der Waals surface area contributed by atoms with E-state index in [1.54, 1.807) is 13.8 Å². The first-order chi connectivity index (χ1) is 12.6. The molecule has 4 amide bonds. The van der Waals surface area contributed by atoms with Gasteiger partial charge in [0.15, 0.2) is 0 Å². The SMILES string of the molecule is CC(C)Oc1ccc(NC(=O)N2C[C@@H]3C(=O)NC(=O)[C@@H]3C2)c(C(F)(F)F)c1. The fourth-order valence-corrected chi connectivity index (χ4v) is 3.21. The first kappa shape index (κ1) is 19.0. The number of rotatable bonds is 3. The van der Waals surface area contributed by atoms with Gasteiger partial charge >= 0.3 is 12.2 Å². The first-order valence-electron chi connectivity index (χ1n) is 8.35. The Morgan fingerprint density at radius 1 is 1.22 bits per heavy atom. The number of hydrogen-bond acceptors (Lipinski definition) is 4. The lowest BCUT2D eigenvalue weighted by Crippen LogP contribution is -2.37. The number of carbonyl (C=O) groups excluding carboxylic acids is 3. The number of nitrogens with zero attached hydrogens (tertiary/aromatic N) is 1. The van der Waals surface area contributed by atoms with Gasteiger partial charge in [0.1, 0.15) is 5.75 Å². The maximum atomic E-state index is 13.4. The fourth-order valence-electron chi connectivity index (χ4n) is 3.21. The van der Waals surface area contributed by atoms with E-state index in [1.165, 1.54) is 11.0 Å². The zero-order chi connectivity index (χ0) is 19.9. The Balaban J connectivity index is 1.78. The smallest absolute Gasteiger partial charge is 0.418 e. The van der Waals surface area contributed by atoms with Crippen LogP contribution in [0.15, 0.2) is 18.2 Å². The topological polar surface area (TPSA) is 87.7 Å². The van der Waals surface area contributed by atoms with E-state index in [1.807, 2.05) is 0 Å². The molecule has 146 valence electrons. The van der Waals surface area contributed by atoms with Crippen molar-refractivity contribution in [3.63, 3.8) is 0 Å².